The highest BCUT2D eigenvalue weighted by atomic mass is 32.1. The van der Waals surface area contributed by atoms with Gasteiger partial charge in [0.2, 0.25) is 0 Å². The van der Waals surface area contributed by atoms with Crippen molar-refractivity contribution < 1.29 is 4.74 Å². The summed E-state index contributed by atoms with van der Waals surface area (Å²) < 4.78 is 5.31. The van der Waals surface area contributed by atoms with E-state index in [1.54, 1.807) is 7.11 Å². The fourth-order valence-corrected chi connectivity index (χ4v) is 4.72. The summed E-state index contributed by atoms with van der Waals surface area (Å²) in [6, 6.07) is 4.88. The van der Waals surface area contributed by atoms with Crippen LogP contribution in [0.25, 0.3) is 0 Å². The molecular formula is C20H34N4OS. The Bertz CT molecular complexity index is 548. The van der Waals surface area contributed by atoms with Crippen LogP contribution in [-0.4, -0.2) is 51.9 Å². The van der Waals surface area contributed by atoms with Crippen LogP contribution in [0, 0.1) is 5.41 Å². The van der Waals surface area contributed by atoms with Crippen LogP contribution in [0.15, 0.2) is 22.5 Å². The first-order valence-corrected chi connectivity index (χ1v) is 10.9. The number of methoxy groups -OCH3 is 1. The summed E-state index contributed by atoms with van der Waals surface area (Å²) in [6.45, 7) is 7.05. The fourth-order valence-electron chi connectivity index (χ4n) is 3.94. The van der Waals surface area contributed by atoms with Gasteiger partial charge in [-0.1, -0.05) is 6.42 Å². The van der Waals surface area contributed by atoms with Crippen LogP contribution >= 0.6 is 11.3 Å². The predicted octanol–water partition coefficient (Wildman–Crippen LogP) is 3.48. The minimum absolute atomic E-state index is 0.376. The molecule has 1 aromatic rings. The first-order valence-electron chi connectivity index (χ1n) is 10.1. The summed E-state index contributed by atoms with van der Waals surface area (Å²) in [6.07, 6.45) is 7.38. The Kier molecular flexibility index (Phi) is 7.20. The normalized spacial score (nSPS) is 20.7. The summed E-state index contributed by atoms with van der Waals surface area (Å²) >= 11 is 1.84. The van der Waals surface area contributed by atoms with Crippen LogP contribution in [-0.2, 0) is 4.74 Å². The van der Waals surface area contributed by atoms with Gasteiger partial charge in [-0.05, 0) is 62.0 Å². The van der Waals surface area contributed by atoms with Crippen LogP contribution in [0.3, 0.4) is 0 Å². The molecule has 2 fully saturated rings. The molecule has 0 bridgehead atoms. The number of hydrogen-bond acceptors (Lipinski definition) is 4. The third-order valence-electron chi connectivity index (χ3n) is 5.82. The number of piperidine rings is 1. The number of nitrogens with one attached hydrogen (secondary N) is 2. The monoisotopic (exact) mass is 378 g/mol. The number of anilines is 1. The third-order valence-corrected chi connectivity index (χ3v) is 6.75. The Morgan fingerprint density at radius 2 is 2.19 bits per heavy atom. The summed E-state index contributed by atoms with van der Waals surface area (Å²) in [4.78, 5) is 7.45. The van der Waals surface area contributed by atoms with Crippen molar-refractivity contribution in [3.05, 3.63) is 17.5 Å². The number of guanidine groups is 1. The summed E-state index contributed by atoms with van der Waals surface area (Å²) in [5.41, 5.74) is 0.376. The smallest absolute Gasteiger partial charge is 0.191 e. The molecule has 0 spiro atoms. The Morgan fingerprint density at radius 1 is 1.38 bits per heavy atom. The van der Waals surface area contributed by atoms with E-state index in [0.29, 0.717) is 11.5 Å². The van der Waals surface area contributed by atoms with E-state index in [9.17, 15) is 0 Å². The Hall–Kier alpha value is -1.27. The predicted molar refractivity (Wildman–Crippen MR) is 111 cm³/mol. The van der Waals surface area contributed by atoms with E-state index >= 15 is 0 Å². The van der Waals surface area contributed by atoms with Crippen molar-refractivity contribution in [3.8, 4) is 0 Å². The van der Waals surface area contributed by atoms with Gasteiger partial charge in [-0.25, -0.2) is 0 Å². The van der Waals surface area contributed by atoms with Crippen LogP contribution in [0.1, 0.15) is 45.4 Å². The van der Waals surface area contributed by atoms with Crippen molar-refractivity contribution in [3.63, 3.8) is 0 Å². The third kappa shape index (κ3) is 5.13. The minimum atomic E-state index is 0.376. The molecule has 1 saturated heterocycles. The molecule has 2 N–H and O–H groups in total. The van der Waals surface area contributed by atoms with Gasteiger partial charge < -0.3 is 20.3 Å². The van der Waals surface area contributed by atoms with Gasteiger partial charge in [0.05, 0.1) is 5.00 Å². The molecule has 2 heterocycles. The van der Waals surface area contributed by atoms with E-state index in [2.05, 4.69) is 40.0 Å². The maximum Gasteiger partial charge on any atom is 0.191 e. The zero-order valence-corrected chi connectivity index (χ0v) is 17.1. The molecule has 26 heavy (non-hydrogen) atoms. The van der Waals surface area contributed by atoms with E-state index in [1.807, 2.05) is 11.3 Å². The molecule has 1 aliphatic carbocycles. The number of aliphatic imine (C=N–C) groups is 1. The van der Waals surface area contributed by atoms with Gasteiger partial charge in [0.1, 0.15) is 0 Å². The number of nitrogens with zero attached hydrogens (tertiary/aromatic N) is 2. The molecular weight excluding hydrogens is 344 g/mol. The molecule has 3 rings (SSSR count). The Morgan fingerprint density at radius 3 is 2.77 bits per heavy atom. The largest absolute Gasteiger partial charge is 0.385 e. The Labute approximate surface area is 162 Å². The fraction of sp³-hybridized carbons (Fsp3) is 0.750. The molecule has 0 aromatic carbocycles. The summed E-state index contributed by atoms with van der Waals surface area (Å²) in [5.74, 6) is 0.991. The van der Waals surface area contributed by atoms with Crippen molar-refractivity contribution in [1.82, 2.24) is 10.6 Å². The molecule has 0 amide bonds. The molecule has 6 heteroatoms. The standard InChI is InChI=1S/C20H34N4OS/c1-3-21-19(22-16-20(9-5-10-20)11-14-25-2)23-17-7-12-24(13-8-17)18-6-4-15-26-18/h4,6,15,17H,3,5,7-14,16H2,1-2H3,(H2,21,22,23). The van der Waals surface area contributed by atoms with Crippen LogP contribution in [0.4, 0.5) is 5.00 Å². The minimum Gasteiger partial charge on any atom is -0.385 e. The van der Waals surface area contributed by atoms with Gasteiger partial charge in [0, 0.05) is 45.9 Å². The zero-order chi connectivity index (χ0) is 18.2. The van der Waals surface area contributed by atoms with E-state index < -0.39 is 0 Å². The SMILES string of the molecule is CCNC(=NCC1(CCOC)CCC1)NC1CCN(c2cccs2)CC1. The highest BCUT2D eigenvalue weighted by Gasteiger charge is 2.36. The average Bonchev–Trinajstić information content (AvgIpc) is 3.16. The molecule has 5 nitrogen and oxygen atoms in total. The maximum absolute atomic E-state index is 5.31. The lowest BCUT2D eigenvalue weighted by molar-refractivity contribution is 0.0778. The van der Waals surface area contributed by atoms with Gasteiger partial charge in [0.15, 0.2) is 5.96 Å². The molecule has 1 aromatic heterocycles. The lowest BCUT2D eigenvalue weighted by Crippen LogP contribution is -2.49. The zero-order valence-electron chi connectivity index (χ0n) is 16.3. The molecule has 2 aliphatic rings. The number of ether oxygens (including phenoxy) is 1. The van der Waals surface area contributed by atoms with Crippen LogP contribution in [0.5, 0.6) is 0 Å². The number of thiophene rings is 1. The summed E-state index contributed by atoms with van der Waals surface area (Å²) in [7, 11) is 1.80. The van der Waals surface area contributed by atoms with Gasteiger partial charge >= 0.3 is 0 Å². The van der Waals surface area contributed by atoms with Gasteiger partial charge in [-0.2, -0.15) is 0 Å². The highest BCUT2D eigenvalue weighted by Crippen LogP contribution is 2.44. The summed E-state index contributed by atoms with van der Waals surface area (Å²) in [5, 5.41) is 10.7. The second kappa shape index (κ2) is 9.60. The van der Waals surface area contributed by atoms with Crippen LogP contribution in [0.2, 0.25) is 0 Å². The second-order valence-electron chi connectivity index (χ2n) is 7.65. The van der Waals surface area contributed by atoms with Gasteiger partial charge in [0.25, 0.3) is 0 Å². The lowest BCUT2D eigenvalue weighted by Gasteiger charge is -2.41. The first kappa shape index (κ1) is 19.5. The van der Waals surface area contributed by atoms with E-state index in [-0.39, 0.29) is 0 Å². The van der Waals surface area contributed by atoms with Crippen molar-refractivity contribution in [2.45, 2.75) is 51.5 Å². The molecule has 0 atom stereocenters. The van der Waals surface area contributed by atoms with Crippen molar-refractivity contribution >= 4 is 22.3 Å². The molecule has 1 aliphatic heterocycles. The van der Waals surface area contributed by atoms with Gasteiger partial charge in [-0.3, -0.25) is 4.99 Å². The van der Waals surface area contributed by atoms with E-state index in [0.717, 1.165) is 58.0 Å². The van der Waals surface area contributed by atoms with E-state index in [4.69, 9.17) is 9.73 Å². The topological polar surface area (TPSA) is 48.9 Å². The average molecular weight is 379 g/mol. The van der Waals surface area contributed by atoms with Crippen molar-refractivity contribution in [2.24, 2.45) is 10.4 Å². The first-order chi connectivity index (χ1) is 12.7. The second-order valence-corrected chi connectivity index (χ2v) is 8.57. The number of rotatable bonds is 8. The Balaban J connectivity index is 1.50. The van der Waals surface area contributed by atoms with E-state index in [1.165, 1.54) is 24.3 Å². The van der Waals surface area contributed by atoms with Gasteiger partial charge in [-0.15, -0.1) is 11.3 Å². The quantitative estimate of drug-likeness (QED) is 0.537. The molecule has 1 saturated carbocycles. The molecule has 0 radical (unpaired) electrons. The van der Waals surface area contributed by atoms with Crippen molar-refractivity contribution in [1.29, 1.82) is 0 Å². The molecule has 146 valence electrons. The maximum atomic E-state index is 5.31. The molecule has 0 unspecified atom stereocenters. The van der Waals surface area contributed by atoms with Crippen molar-refractivity contribution in [2.75, 3.05) is 44.8 Å². The number of hydrogen-bond donors (Lipinski definition) is 2. The highest BCUT2D eigenvalue weighted by molar-refractivity contribution is 7.14. The van der Waals surface area contributed by atoms with Crippen LogP contribution < -0.4 is 15.5 Å². The lowest BCUT2D eigenvalue weighted by atomic mass is 9.67.